The summed E-state index contributed by atoms with van der Waals surface area (Å²) >= 11 is 0. The second-order valence-corrected chi connectivity index (χ2v) is 4.36. The van der Waals surface area contributed by atoms with E-state index in [1.807, 2.05) is 4.90 Å². The van der Waals surface area contributed by atoms with Crippen molar-refractivity contribution in [3.63, 3.8) is 0 Å². The Morgan fingerprint density at radius 1 is 1.06 bits per heavy atom. The van der Waals surface area contributed by atoms with Crippen LogP contribution < -0.4 is 4.90 Å². The summed E-state index contributed by atoms with van der Waals surface area (Å²) in [6.07, 6.45) is 0.144. The van der Waals surface area contributed by atoms with Gasteiger partial charge < -0.3 is 4.90 Å². The van der Waals surface area contributed by atoms with E-state index in [9.17, 15) is 13.2 Å². The Hall–Kier alpha value is -1.19. The third-order valence-electron chi connectivity index (χ3n) is 3.06. The molecule has 0 atom stereocenters. The first-order valence-corrected chi connectivity index (χ1v) is 5.91. The van der Waals surface area contributed by atoms with Crippen molar-refractivity contribution >= 4 is 5.69 Å². The Morgan fingerprint density at radius 3 is 2.29 bits per heavy atom. The van der Waals surface area contributed by atoms with Crippen molar-refractivity contribution in [2.75, 3.05) is 18.0 Å². The van der Waals surface area contributed by atoms with Crippen LogP contribution in [-0.2, 0) is 6.18 Å². The predicted molar refractivity (Wildman–Crippen MR) is 61.0 cm³/mol. The SMILES string of the molecule is FC(F)(F)c1[c]ccc(N2CCCCCC2)c1. The van der Waals surface area contributed by atoms with Gasteiger partial charge in [0, 0.05) is 18.8 Å². The molecule has 1 saturated heterocycles. The molecule has 0 saturated carbocycles. The Kier molecular flexibility index (Phi) is 3.60. The van der Waals surface area contributed by atoms with E-state index in [4.69, 9.17) is 0 Å². The van der Waals surface area contributed by atoms with Gasteiger partial charge >= 0.3 is 6.18 Å². The molecule has 0 spiro atoms. The van der Waals surface area contributed by atoms with Crippen LogP contribution in [0.3, 0.4) is 0 Å². The fraction of sp³-hybridized carbons (Fsp3) is 0.538. The average Bonchev–Trinajstić information content (AvgIpc) is 2.56. The maximum Gasteiger partial charge on any atom is 0.417 e. The van der Waals surface area contributed by atoms with Gasteiger partial charge in [-0.25, -0.2) is 0 Å². The molecule has 1 nitrogen and oxygen atoms in total. The molecule has 1 fully saturated rings. The molecular formula is C13H15F3N. The van der Waals surface area contributed by atoms with Crippen molar-refractivity contribution in [1.29, 1.82) is 0 Å². The summed E-state index contributed by atoms with van der Waals surface area (Å²) in [5.41, 5.74) is -0.0165. The zero-order valence-electron chi connectivity index (χ0n) is 9.56. The minimum atomic E-state index is -4.30. The van der Waals surface area contributed by atoms with Gasteiger partial charge in [-0.1, -0.05) is 18.9 Å². The van der Waals surface area contributed by atoms with Crippen LogP contribution in [0.15, 0.2) is 18.2 Å². The smallest absolute Gasteiger partial charge is 0.372 e. The maximum absolute atomic E-state index is 12.6. The molecule has 1 aliphatic heterocycles. The Morgan fingerprint density at radius 2 is 1.71 bits per heavy atom. The Labute approximate surface area is 99.2 Å². The maximum atomic E-state index is 12.6. The lowest BCUT2D eigenvalue weighted by atomic mass is 10.1. The van der Waals surface area contributed by atoms with Crippen molar-refractivity contribution in [2.45, 2.75) is 31.9 Å². The van der Waals surface area contributed by atoms with Gasteiger partial charge in [-0.15, -0.1) is 0 Å². The normalized spacial score (nSPS) is 17.9. The molecule has 93 valence electrons. The highest BCUT2D eigenvalue weighted by molar-refractivity contribution is 5.49. The minimum absolute atomic E-state index is 0.665. The van der Waals surface area contributed by atoms with E-state index in [1.54, 1.807) is 6.07 Å². The van der Waals surface area contributed by atoms with Crippen LogP contribution in [0.1, 0.15) is 31.2 Å². The van der Waals surface area contributed by atoms with E-state index in [1.165, 1.54) is 25.0 Å². The van der Waals surface area contributed by atoms with Crippen molar-refractivity contribution in [2.24, 2.45) is 0 Å². The van der Waals surface area contributed by atoms with Gasteiger partial charge in [0.1, 0.15) is 0 Å². The molecule has 0 bridgehead atoms. The lowest BCUT2D eigenvalue weighted by Gasteiger charge is -2.23. The Bertz CT molecular complexity index is 365. The van der Waals surface area contributed by atoms with Crippen LogP contribution in [-0.4, -0.2) is 13.1 Å². The number of rotatable bonds is 1. The third kappa shape index (κ3) is 3.14. The van der Waals surface area contributed by atoms with Crippen LogP contribution in [0.25, 0.3) is 0 Å². The molecular weight excluding hydrogens is 227 g/mol. The van der Waals surface area contributed by atoms with E-state index in [0.717, 1.165) is 25.9 Å². The molecule has 1 aromatic rings. The number of hydrogen-bond donors (Lipinski definition) is 0. The summed E-state index contributed by atoms with van der Waals surface area (Å²) in [6.45, 7) is 1.70. The van der Waals surface area contributed by atoms with Gasteiger partial charge in [0.05, 0.1) is 5.56 Å². The van der Waals surface area contributed by atoms with E-state index in [-0.39, 0.29) is 0 Å². The monoisotopic (exact) mass is 242 g/mol. The molecule has 1 heterocycles. The van der Waals surface area contributed by atoms with Crippen molar-refractivity contribution in [1.82, 2.24) is 0 Å². The highest BCUT2D eigenvalue weighted by Gasteiger charge is 2.31. The quantitative estimate of drug-likeness (QED) is 0.722. The molecule has 17 heavy (non-hydrogen) atoms. The summed E-state index contributed by atoms with van der Waals surface area (Å²) in [5.74, 6) is 0. The summed E-state index contributed by atoms with van der Waals surface area (Å²) in [5, 5.41) is 0. The lowest BCUT2D eigenvalue weighted by Crippen LogP contribution is -2.24. The summed E-state index contributed by atoms with van der Waals surface area (Å²) < 4.78 is 37.7. The summed E-state index contributed by atoms with van der Waals surface area (Å²) in [4.78, 5) is 2.04. The zero-order valence-corrected chi connectivity index (χ0v) is 9.56. The van der Waals surface area contributed by atoms with Gasteiger partial charge in [-0.3, -0.25) is 0 Å². The first-order chi connectivity index (χ1) is 8.07. The highest BCUT2D eigenvalue weighted by atomic mass is 19.4. The fourth-order valence-corrected chi connectivity index (χ4v) is 2.14. The first-order valence-electron chi connectivity index (χ1n) is 5.91. The van der Waals surface area contributed by atoms with E-state index in [0.29, 0.717) is 5.69 Å². The zero-order chi connectivity index (χ0) is 12.3. The number of benzene rings is 1. The van der Waals surface area contributed by atoms with Crippen LogP contribution in [0, 0.1) is 6.07 Å². The van der Waals surface area contributed by atoms with Crippen LogP contribution in [0.4, 0.5) is 18.9 Å². The molecule has 1 aromatic carbocycles. The van der Waals surface area contributed by atoms with Crippen molar-refractivity contribution < 1.29 is 13.2 Å². The molecule has 0 aliphatic carbocycles. The number of halogens is 3. The predicted octanol–water partition coefficient (Wildman–Crippen LogP) is 3.89. The second-order valence-electron chi connectivity index (χ2n) is 4.36. The summed E-state index contributed by atoms with van der Waals surface area (Å²) in [6, 6.07) is 6.52. The molecule has 0 N–H and O–H groups in total. The average molecular weight is 242 g/mol. The Balaban J connectivity index is 2.20. The van der Waals surface area contributed by atoms with Gasteiger partial charge in [0.25, 0.3) is 0 Å². The molecule has 4 heteroatoms. The first kappa shape index (κ1) is 12.3. The molecule has 0 amide bonds. The van der Waals surface area contributed by atoms with Crippen LogP contribution in [0.5, 0.6) is 0 Å². The minimum Gasteiger partial charge on any atom is -0.372 e. The molecule has 0 aromatic heterocycles. The molecule has 1 radical (unpaired) electrons. The van der Waals surface area contributed by atoms with Gasteiger partial charge in [-0.2, -0.15) is 13.2 Å². The second kappa shape index (κ2) is 4.98. The van der Waals surface area contributed by atoms with Crippen molar-refractivity contribution in [3.05, 3.63) is 29.8 Å². The van der Waals surface area contributed by atoms with Gasteiger partial charge in [0.15, 0.2) is 0 Å². The fourth-order valence-electron chi connectivity index (χ4n) is 2.14. The molecule has 0 unspecified atom stereocenters. The molecule has 1 aliphatic rings. The molecule has 2 rings (SSSR count). The number of nitrogens with zero attached hydrogens (tertiary/aromatic N) is 1. The van der Waals surface area contributed by atoms with Gasteiger partial charge in [-0.05, 0) is 31.0 Å². The third-order valence-corrected chi connectivity index (χ3v) is 3.06. The van der Waals surface area contributed by atoms with Gasteiger partial charge in [0.2, 0.25) is 0 Å². The largest absolute Gasteiger partial charge is 0.417 e. The number of hydrogen-bond acceptors (Lipinski definition) is 1. The number of anilines is 1. The number of alkyl halides is 3. The summed E-state index contributed by atoms with van der Waals surface area (Å²) in [7, 11) is 0. The van der Waals surface area contributed by atoms with Crippen molar-refractivity contribution in [3.8, 4) is 0 Å². The van der Waals surface area contributed by atoms with E-state index in [2.05, 4.69) is 6.07 Å². The topological polar surface area (TPSA) is 3.24 Å². The highest BCUT2D eigenvalue weighted by Crippen LogP contribution is 2.31. The lowest BCUT2D eigenvalue weighted by molar-refractivity contribution is -0.137. The van der Waals surface area contributed by atoms with Crippen LogP contribution in [0.2, 0.25) is 0 Å². The standard InChI is InChI=1S/C13H15F3N/c14-13(15,16)11-6-5-7-12(10-11)17-8-3-1-2-4-9-17/h5,7,10H,1-4,8-9H2. The van der Waals surface area contributed by atoms with E-state index < -0.39 is 11.7 Å². The van der Waals surface area contributed by atoms with E-state index >= 15 is 0 Å². The van der Waals surface area contributed by atoms with Crippen LogP contribution >= 0.6 is 0 Å².